The number of benzene rings is 2. The number of carbonyl (C=O) groups is 1. The van der Waals surface area contributed by atoms with Crippen LogP contribution >= 0.6 is 0 Å². The summed E-state index contributed by atoms with van der Waals surface area (Å²) < 4.78 is 81.8. The van der Waals surface area contributed by atoms with Gasteiger partial charge in [0.05, 0.1) is 12.0 Å². The molecule has 0 aliphatic carbocycles. The largest absolute Gasteiger partial charge is 0.573 e. The number of hydrogen-bond donors (Lipinski definition) is 4. The maximum absolute atomic E-state index is 13.4. The second-order valence-electron chi connectivity index (χ2n) is 7.58. The average Bonchev–Trinajstić information content (AvgIpc) is 2.75. The topological polar surface area (TPSA) is 112 Å². The lowest BCUT2D eigenvalue weighted by molar-refractivity contribution is -0.274. The number of carbonyl (C=O) groups excluding carboxylic acids is 1. The average molecular weight is 502 g/mol. The van der Waals surface area contributed by atoms with Gasteiger partial charge in [0.1, 0.15) is 18.5 Å². The van der Waals surface area contributed by atoms with Crippen LogP contribution in [-0.4, -0.2) is 53.5 Å². The lowest BCUT2D eigenvalue weighted by Gasteiger charge is -2.44. The van der Waals surface area contributed by atoms with Crippen LogP contribution < -0.4 is 15.8 Å². The molecule has 13 heteroatoms. The molecule has 188 valence electrons. The molecule has 0 radical (unpaired) electrons. The number of hydrogen-bond acceptors (Lipinski definition) is 6. The summed E-state index contributed by atoms with van der Waals surface area (Å²) in [5.74, 6) is -2.85. The van der Waals surface area contributed by atoms with E-state index in [1.165, 1.54) is 36.4 Å². The van der Waals surface area contributed by atoms with Crippen molar-refractivity contribution in [3.63, 3.8) is 0 Å². The molecule has 1 amide bonds. The molecule has 1 aliphatic heterocycles. The number of nitrogens with one attached hydrogen (secondary N) is 2. The molecule has 3 atom stereocenters. The van der Waals surface area contributed by atoms with E-state index >= 15 is 0 Å². The predicted octanol–water partition coefficient (Wildman–Crippen LogP) is 3.98. The van der Waals surface area contributed by atoms with Crippen LogP contribution in [0.1, 0.15) is 21.8 Å². The zero-order valence-corrected chi connectivity index (χ0v) is 17.8. The number of amides is 1. The van der Waals surface area contributed by atoms with Gasteiger partial charge in [-0.1, -0.05) is 24.3 Å². The molecule has 0 spiro atoms. The van der Waals surface area contributed by atoms with Gasteiger partial charge >= 0.3 is 12.5 Å². The number of ether oxygens (including phenoxy) is 1. The summed E-state index contributed by atoms with van der Waals surface area (Å²) in [5.41, 5.74) is 5.39. The van der Waals surface area contributed by atoms with Crippen molar-refractivity contribution in [1.29, 1.82) is 5.41 Å². The van der Waals surface area contributed by atoms with Crippen LogP contribution in [0.15, 0.2) is 60.3 Å². The van der Waals surface area contributed by atoms with Gasteiger partial charge in [-0.05, 0) is 23.8 Å². The SMILES string of the molecule is N=CC(=CN)[C@@H]1[C@@H](C(O)Nc2cccc(OC(F)(F)F)c2)c2ccccc2C(=O)N1CC(F)(F)F. The molecule has 1 heterocycles. The second-order valence-corrected chi connectivity index (χ2v) is 7.58. The van der Waals surface area contributed by atoms with E-state index in [4.69, 9.17) is 11.1 Å². The Morgan fingerprint density at radius 3 is 2.46 bits per heavy atom. The van der Waals surface area contributed by atoms with Crippen LogP contribution in [0.25, 0.3) is 0 Å². The lowest BCUT2D eigenvalue weighted by atomic mass is 9.78. The quantitative estimate of drug-likeness (QED) is 0.260. The van der Waals surface area contributed by atoms with E-state index in [0.717, 1.165) is 18.3 Å². The molecule has 3 rings (SSSR count). The van der Waals surface area contributed by atoms with Crippen molar-refractivity contribution in [3.05, 3.63) is 71.4 Å². The van der Waals surface area contributed by atoms with Crippen LogP contribution in [0.4, 0.5) is 32.0 Å². The van der Waals surface area contributed by atoms with E-state index in [9.17, 15) is 36.2 Å². The Balaban J connectivity index is 2.07. The number of halogens is 6. The maximum Gasteiger partial charge on any atom is 0.573 e. The molecule has 0 saturated carbocycles. The first-order valence-corrected chi connectivity index (χ1v) is 10.0. The van der Waals surface area contributed by atoms with Gasteiger partial charge in [-0.15, -0.1) is 13.2 Å². The normalized spacial score (nSPS) is 19.7. The number of fused-ring (bicyclic) bond motifs is 1. The first kappa shape index (κ1) is 25.9. The van der Waals surface area contributed by atoms with E-state index in [1.807, 2.05) is 0 Å². The lowest BCUT2D eigenvalue weighted by Crippen LogP contribution is -2.56. The van der Waals surface area contributed by atoms with Crippen LogP contribution in [0.5, 0.6) is 5.75 Å². The molecule has 0 bridgehead atoms. The van der Waals surface area contributed by atoms with E-state index in [-0.39, 0.29) is 22.4 Å². The standard InChI is InChI=1S/C22H20F6N4O3/c23-21(24,25)11-32-18(12(9-29)10-30)17(15-6-1-2-7-16(15)20(32)34)19(33)31-13-4-3-5-14(8-13)35-22(26,27)28/h1-10,17-19,29,31,33H,11,30H2/t17-,18+,19?/m0/s1. The van der Waals surface area contributed by atoms with Crippen LogP contribution in [0.3, 0.4) is 0 Å². The van der Waals surface area contributed by atoms with E-state index in [2.05, 4.69) is 10.1 Å². The molecule has 2 aromatic carbocycles. The molecular formula is C22H20F6N4O3. The van der Waals surface area contributed by atoms with Crippen molar-refractivity contribution in [2.75, 3.05) is 11.9 Å². The molecule has 1 unspecified atom stereocenters. The fraction of sp³-hybridized carbons (Fsp3) is 0.273. The maximum atomic E-state index is 13.4. The molecule has 35 heavy (non-hydrogen) atoms. The summed E-state index contributed by atoms with van der Waals surface area (Å²) >= 11 is 0. The van der Waals surface area contributed by atoms with Crippen LogP contribution in [-0.2, 0) is 0 Å². The Bertz CT molecular complexity index is 1120. The number of anilines is 1. The van der Waals surface area contributed by atoms with Crippen molar-refractivity contribution in [3.8, 4) is 5.75 Å². The number of aliphatic hydroxyl groups excluding tert-OH is 1. The number of rotatable bonds is 7. The molecule has 0 fully saturated rings. The van der Waals surface area contributed by atoms with Crippen molar-refractivity contribution in [1.82, 2.24) is 4.90 Å². The minimum atomic E-state index is -4.96. The van der Waals surface area contributed by atoms with Gasteiger partial charge in [-0.2, -0.15) is 13.2 Å². The Kier molecular flexibility index (Phi) is 7.29. The number of nitrogens with two attached hydrogens (primary N) is 1. The number of aliphatic hydroxyl groups is 1. The molecule has 7 nitrogen and oxygen atoms in total. The van der Waals surface area contributed by atoms with Gasteiger partial charge in [0.25, 0.3) is 5.91 Å². The molecule has 2 aromatic rings. The Labute approximate surface area is 195 Å². The van der Waals surface area contributed by atoms with E-state index in [1.54, 1.807) is 0 Å². The third-order valence-corrected chi connectivity index (χ3v) is 5.26. The Morgan fingerprint density at radius 1 is 1.17 bits per heavy atom. The minimum absolute atomic E-state index is 0.0390. The smallest absolute Gasteiger partial charge is 0.406 e. The number of nitrogens with zero attached hydrogens (tertiary/aromatic N) is 1. The summed E-state index contributed by atoms with van der Waals surface area (Å²) in [6.07, 6.45) is -9.96. The predicted molar refractivity (Wildman–Crippen MR) is 114 cm³/mol. The highest BCUT2D eigenvalue weighted by Gasteiger charge is 2.48. The van der Waals surface area contributed by atoms with E-state index < -0.39 is 48.9 Å². The van der Waals surface area contributed by atoms with Crippen molar-refractivity contribution >= 4 is 17.8 Å². The van der Waals surface area contributed by atoms with Gasteiger partial charge in [0.2, 0.25) is 0 Å². The molecule has 5 N–H and O–H groups in total. The first-order valence-electron chi connectivity index (χ1n) is 10.0. The first-order chi connectivity index (χ1) is 16.3. The van der Waals surface area contributed by atoms with Gasteiger partial charge in [-0.3, -0.25) is 4.79 Å². The van der Waals surface area contributed by atoms with Gasteiger partial charge < -0.3 is 31.2 Å². The third kappa shape index (κ3) is 6.04. The molecule has 0 aromatic heterocycles. The Hall–Kier alpha value is -3.74. The van der Waals surface area contributed by atoms with Gasteiger partial charge in [-0.25, -0.2) is 0 Å². The van der Waals surface area contributed by atoms with Gasteiger partial charge in [0, 0.05) is 35.3 Å². The van der Waals surface area contributed by atoms with Crippen molar-refractivity contribution in [2.24, 2.45) is 5.73 Å². The van der Waals surface area contributed by atoms with Crippen LogP contribution in [0, 0.1) is 5.41 Å². The third-order valence-electron chi connectivity index (χ3n) is 5.26. The summed E-state index contributed by atoms with van der Waals surface area (Å²) in [6, 6.07) is 8.65. The highest BCUT2D eigenvalue weighted by molar-refractivity contribution is 5.99. The highest BCUT2D eigenvalue weighted by atomic mass is 19.4. The van der Waals surface area contributed by atoms with Crippen molar-refractivity contribution < 1.29 is 41.0 Å². The van der Waals surface area contributed by atoms with Crippen LogP contribution in [0.2, 0.25) is 0 Å². The fourth-order valence-electron chi connectivity index (χ4n) is 4.00. The minimum Gasteiger partial charge on any atom is -0.406 e. The van der Waals surface area contributed by atoms with Gasteiger partial charge in [0.15, 0.2) is 0 Å². The Morgan fingerprint density at radius 2 is 1.86 bits per heavy atom. The summed E-state index contributed by atoms with van der Waals surface area (Å²) in [4.78, 5) is 13.5. The summed E-state index contributed by atoms with van der Waals surface area (Å²) in [7, 11) is 0. The molecule has 0 saturated heterocycles. The summed E-state index contributed by atoms with van der Waals surface area (Å²) in [5, 5.41) is 21.2. The van der Waals surface area contributed by atoms with Crippen molar-refractivity contribution in [2.45, 2.75) is 30.7 Å². The molecule has 1 aliphatic rings. The fourth-order valence-corrected chi connectivity index (χ4v) is 4.00. The summed E-state index contributed by atoms with van der Waals surface area (Å²) in [6.45, 7) is -1.69. The zero-order chi connectivity index (χ0) is 26.0. The number of alkyl halides is 6. The second kappa shape index (κ2) is 9.86. The zero-order valence-electron chi connectivity index (χ0n) is 17.8. The monoisotopic (exact) mass is 502 g/mol. The molecular weight excluding hydrogens is 482 g/mol. The van der Waals surface area contributed by atoms with E-state index in [0.29, 0.717) is 11.1 Å². The highest BCUT2D eigenvalue weighted by Crippen LogP contribution is 2.40.